The molecule has 188 valence electrons. The van der Waals surface area contributed by atoms with Crippen LogP contribution in [-0.4, -0.2) is 45.3 Å². The average Bonchev–Trinajstić information content (AvgIpc) is 2.79. The number of hydrogen-bond donors (Lipinski definition) is 2. The molecule has 0 unspecified atom stereocenters. The topological polar surface area (TPSA) is 96.7 Å². The zero-order valence-electron chi connectivity index (χ0n) is 21.5. The monoisotopic (exact) mass is 471 g/mol. The molecule has 0 bridgehead atoms. The van der Waals surface area contributed by atoms with E-state index in [-0.39, 0.29) is 18.1 Å². The first-order valence-corrected chi connectivity index (χ1v) is 12.3. The lowest BCUT2D eigenvalue weighted by molar-refractivity contribution is -0.154. The van der Waals surface area contributed by atoms with Crippen molar-refractivity contribution in [2.24, 2.45) is 17.3 Å². The molecule has 6 nitrogen and oxygen atoms in total. The number of aliphatic hydroxyl groups excluding tert-OH is 2. The van der Waals surface area contributed by atoms with Gasteiger partial charge in [0.05, 0.1) is 29.7 Å². The summed E-state index contributed by atoms with van der Waals surface area (Å²) in [6.45, 7) is 10.9. The van der Waals surface area contributed by atoms with E-state index in [1.807, 2.05) is 38.1 Å². The van der Waals surface area contributed by atoms with Gasteiger partial charge in [-0.2, -0.15) is 0 Å². The fourth-order valence-electron chi connectivity index (χ4n) is 4.42. The summed E-state index contributed by atoms with van der Waals surface area (Å²) >= 11 is 0. The molecule has 5 atom stereocenters. The van der Waals surface area contributed by atoms with Crippen LogP contribution < -0.4 is 0 Å². The summed E-state index contributed by atoms with van der Waals surface area (Å²) in [5.41, 5.74) is 1.62. The van der Waals surface area contributed by atoms with E-state index in [0.717, 1.165) is 30.5 Å². The van der Waals surface area contributed by atoms with Crippen LogP contribution in [0, 0.1) is 17.3 Å². The van der Waals surface area contributed by atoms with Gasteiger partial charge in [0.1, 0.15) is 11.9 Å². The maximum Gasteiger partial charge on any atom is 0.309 e. The minimum atomic E-state index is -1.22. The standard InChI is InChI=1S/C28H41NO5/c1-18-10-9-11-19(2)26(32)21(4)27(33)28(5,6)24(30)17-25(31)34-23(14-13-18)20(3)16-22-12-7-8-15-29-22/h7-8,12-13,15-16,19,21,23-24,26,30,32H,9-11,14,17H2,1-6H3/b18-13-,20-16+/t19-,21+,23-,24-,26-/m0/s1. The number of hydrogen-bond acceptors (Lipinski definition) is 6. The van der Waals surface area contributed by atoms with Crippen LogP contribution in [0.4, 0.5) is 0 Å². The normalized spacial score (nSPS) is 31.9. The highest BCUT2D eigenvalue weighted by Crippen LogP contribution is 2.32. The van der Waals surface area contributed by atoms with Crippen LogP contribution in [-0.2, 0) is 14.3 Å². The van der Waals surface area contributed by atoms with Crippen molar-refractivity contribution in [3.63, 3.8) is 0 Å². The number of cyclic esters (lactones) is 1. The van der Waals surface area contributed by atoms with Crippen LogP contribution in [0.5, 0.6) is 0 Å². The van der Waals surface area contributed by atoms with E-state index >= 15 is 0 Å². The number of carbonyl (C=O) groups is 2. The lowest BCUT2D eigenvalue weighted by Gasteiger charge is -2.34. The molecule has 1 aromatic heterocycles. The van der Waals surface area contributed by atoms with Crippen LogP contribution in [0.15, 0.2) is 41.6 Å². The summed E-state index contributed by atoms with van der Waals surface area (Å²) in [5, 5.41) is 21.6. The summed E-state index contributed by atoms with van der Waals surface area (Å²) in [6, 6.07) is 5.63. The second kappa shape index (κ2) is 12.4. The van der Waals surface area contributed by atoms with Gasteiger partial charge in [0.2, 0.25) is 0 Å². The van der Waals surface area contributed by atoms with E-state index in [1.54, 1.807) is 27.0 Å². The van der Waals surface area contributed by atoms with Crippen LogP contribution in [0.3, 0.4) is 0 Å². The Labute approximate surface area is 204 Å². The molecule has 1 aromatic rings. The molecular weight excluding hydrogens is 430 g/mol. The zero-order chi connectivity index (χ0) is 25.5. The van der Waals surface area contributed by atoms with Crippen molar-refractivity contribution in [2.75, 3.05) is 0 Å². The van der Waals surface area contributed by atoms with Gasteiger partial charge in [-0.05, 0) is 62.8 Å². The van der Waals surface area contributed by atoms with Crippen molar-refractivity contribution in [3.05, 3.63) is 47.3 Å². The maximum absolute atomic E-state index is 13.2. The average molecular weight is 472 g/mol. The Morgan fingerprint density at radius 3 is 2.56 bits per heavy atom. The van der Waals surface area contributed by atoms with E-state index in [4.69, 9.17) is 4.74 Å². The fourth-order valence-corrected chi connectivity index (χ4v) is 4.42. The van der Waals surface area contributed by atoms with Crippen molar-refractivity contribution in [3.8, 4) is 0 Å². The van der Waals surface area contributed by atoms with Crippen LogP contribution >= 0.6 is 0 Å². The Hall–Kier alpha value is -2.31. The molecule has 0 spiro atoms. The molecule has 0 amide bonds. The second-order valence-electron chi connectivity index (χ2n) is 10.4. The van der Waals surface area contributed by atoms with Gasteiger partial charge in [-0.25, -0.2) is 0 Å². The third-order valence-corrected chi connectivity index (χ3v) is 7.09. The molecule has 1 aliphatic rings. The number of aromatic nitrogens is 1. The summed E-state index contributed by atoms with van der Waals surface area (Å²) in [6.07, 6.45) is 5.95. The van der Waals surface area contributed by atoms with Crippen LogP contribution in [0.2, 0.25) is 0 Å². The number of carbonyl (C=O) groups excluding carboxylic acids is 2. The molecule has 2 heterocycles. The highest BCUT2D eigenvalue weighted by Gasteiger charge is 2.42. The lowest BCUT2D eigenvalue weighted by Crippen LogP contribution is -2.45. The Bertz CT molecular complexity index is 889. The smallest absolute Gasteiger partial charge is 0.309 e. The van der Waals surface area contributed by atoms with Crippen molar-refractivity contribution < 1.29 is 24.5 Å². The Morgan fingerprint density at radius 2 is 1.91 bits per heavy atom. The second-order valence-corrected chi connectivity index (χ2v) is 10.4. The van der Waals surface area contributed by atoms with Gasteiger partial charge < -0.3 is 14.9 Å². The number of ether oxygens (including phenoxy) is 1. The van der Waals surface area contributed by atoms with Crippen LogP contribution in [0.1, 0.15) is 79.3 Å². The summed E-state index contributed by atoms with van der Waals surface area (Å²) in [5.74, 6) is -1.50. The molecule has 0 fully saturated rings. The molecule has 1 aliphatic heterocycles. The minimum Gasteiger partial charge on any atom is -0.457 e. The molecule has 34 heavy (non-hydrogen) atoms. The molecular formula is C28H41NO5. The molecule has 6 heteroatoms. The van der Waals surface area contributed by atoms with Gasteiger partial charge in [-0.3, -0.25) is 14.6 Å². The summed E-state index contributed by atoms with van der Waals surface area (Å²) in [4.78, 5) is 30.3. The van der Waals surface area contributed by atoms with Gasteiger partial charge in [-0.15, -0.1) is 0 Å². The van der Waals surface area contributed by atoms with Crippen molar-refractivity contribution in [1.82, 2.24) is 4.98 Å². The van der Waals surface area contributed by atoms with Crippen molar-refractivity contribution in [2.45, 2.75) is 92.0 Å². The third kappa shape index (κ3) is 7.60. The predicted octanol–water partition coefficient (Wildman–Crippen LogP) is 4.90. The van der Waals surface area contributed by atoms with E-state index in [9.17, 15) is 19.8 Å². The van der Waals surface area contributed by atoms with E-state index in [2.05, 4.69) is 18.0 Å². The highest BCUT2D eigenvalue weighted by molar-refractivity contribution is 5.88. The quantitative estimate of drug-likeness (QED) is 0.471. The van der Waals surface area contributed by atoms with Gasteiger partial charge in [0.25, 0.3) is 0 Å². The first-order valence-electron chi connectivity index (χ1n) is 12.3. The van der Waals surface area contributed by atoms with E-state index in [1.165, 1.54) is 5.57 Å². The van der Waals surface area contributed by atoms with Gasteiger partial charge in [-0.1, -0.05) is 45.4 Å². The summed E-state index contributed by atoms with van der Waals surface area (Å²) < 4.78 is 5.80. The summed E-state index contributed by atoms with van der Waals surface area (Å²) in [7, 11) is 0. The van der Waals surface area contributed by atoms with Gasteiger partial charge in [0, 0.05) is 18.5 Å². The number of rotatable bonds is 2. The number of nitrogens with zero attached hydrogens (tertiary/aromatic N) is 1. The van der Waals surface area contributed by atoms with Crippen LogP contribution in [0.25, 0.3) is 6.08 Å². The molecule has 0 aliphatic carbocycles. The molecule has 2 rings (SSSR count). The SMILES string of the molecule is C/C1=C/C[C@@H](/C(C)=C/c2ccccn2)OC(=O)C[C@H](O)C(C)(C)C(=O)[C@H](C)[C@@H](O)[C@@H](C)CCC1. The molecule has 0 saturated carbocycles. The predicted molar refractivity (Wildman–Crippen MR) is 134 cm³/mol. The number of Topliss-reactive ketones (excluding diaryl/α,β-unsaturated/α-hetero) is 1. The van der Waals surface area contributed by atoms with E-state index in [0.29, 0.717) is 6.42 Å². The largest absolute Gasteiger partial charge is 0.457 e. The number of ketones is 1. The Balaban J connectivity index is 2.33. The third-order valence-electron chi connectivity index (χ3n) is 7.09. The zero-order valence-corrected chi connectivity index (χ0v) is 21.5. The van der Waals surface area contributed by atoms with Gasteiger partial charge in [0.15, 0.2) is 0 Å². The molecule has 0 saturated heterocycles. The Morgan fingerprint density at radius 1 is 1.21 bits per heavy atom. The molecule has 0 aromatic carbocycles. The van der Waals surface area contributed by atoms with Crippen molar-refractivity contribution >= 4 is 17.8 Å². The minimum absolute atomic E-state index is 0.0473. The lowest BCUT2D eigenvalue weighted by atomic mass is 9.73. The maximum atomic E-state index is 13.2. The first-order chi connectivity index (χ1) is 15.9. The first kappa shape index (κ1) is 27.9. The highest BCUT2D eigenvalue weighted by atomic mass is 16.5. The molecule has 0 radical (unpaired) electrons. The number of allylic oxidation sites excluding steroid dienone is 1. The number of aliphatic hydroxyl groups is 2. The van der Waals surface area contributed by atoms with Crippen molar-refractivity contribution in [1.29, 1.82) is 0 Å². The Kier molecular flexibility index (Phi) is 10.2. The van der Waals surface area contributed by atoms with E-state index < -0.39 is 35.6 Å². The fraction of sp³-hybridized carbons (Fsp3) is 0.607. The van der Waals surface area contributed by atoms with Gasteiger partial charge >= 0.3 is 5.97 Å². The molecule has 2 N–H and O–H groups in total. The number of pyridine rings is 1. The number of esters is 1.